The summed E-state index contributed by atoms with van der Waals surface area (Å²) in [6, 6.07) is 18.4. The van der Waals surface area contributed by atoms with Crippen LogP contribution in [0, 0.1) is 5.82 Å². The number of fused-ring (bicyclic) bond motifs is 1. The van der Waals surface area contributed by atoms with Crippen LogP contribution in [0.4, 0.5) is 10.1 Å². The van der Waals surface area contributed by atoms with Crippen LogP contribution in [0.5, 0.6) is 17.2 Å². The normalized spacial score (nSPS) is 16.1. The number of benzene rings is 3. The first-order valence-corrected chi connectivity index (χ1v) is 9.57. The number of ether oxygens (including phenoxy) is 3. The molecule has 6 nitrogen and oxygen atoms in total. The molecule has 0 radical (unpaired) electrons. The minimum absolute atomic E-state index is 0.169. The number of nitrogens with zero attached hydrogens (tertiary/aromatic N) is 2. The van der Waals surface area contributed by atoms with E-state index in [1.165, 1.54) is 17.0 Å². The Morgan fingerprint density at radius 1 is 1.03 bits per heavy atom. The van der Waals surface area contributed by atoms with Gasteiger partial charge in [0.2, 0.25) is 6.79 Å². The number of amidine groups is 1. The van der Waals surface area contributed by atoms with Crippen LogP contribution in [0.3, 0.4) is 0 Å². The molecule has 2 aliphatic rings. The van der Waals surface area contributed by atoms with Gasteiger partial charge in [-0.3, -0.25) is 9.69 Å². The van der Waals surface area contributed by atoms with Crippen LogP contribution in [0.1, 0.15) is 11.1 Å². The summed E-state index contributed by atoms with van der Waals surface area (Å²) in [5, 5.41) is 0. The number of anilines is 1. The van der Waals surface area contributed by atoms with Gasteiger partial charge in [-0.15, -0.1) is 0 Å². The van der Waals surface area contributed by atoms with Gasteiger partial charge in [0.25, 0.3) is 5.91 Å². The highest BCUT2D eigenvalue weighted by molar-refractivity contribution is 6.33. The first-order chi connectivity index (χ1) is 15.1. The Labute approximate surface area is 177 Å². The van der Waals surface area contributed by atoms with Crippen LogP contribution in [0.2, 0.25) is 0 Å². The Morgan fingerprint density at radius 2 is 1.81 bits per heavy atom. The maximum Gasteiger partial charge on any atom is 0.282 e. The zero-order valence-electron chi connectivity index (χ0n) is 16.5. The fourth-order valence-corrected chi connectivity index (χ4v) is 3.52. The molecule has 1 amide bonds. The summed E-state index contributed by atoms with van der Waals surface area (Å²) in [6.45, 7) is 0.169. The van der Waals surface area contributed by atoms with Crippen LogP contribution >= 0.6 is 0 Å². The number of hydrogen-bond acceptors (Lipinski definition) is 5. The lowest BCUT2D eigenvalue weighted by molar-refractivity contribution is -0.113. The van der Waals surface area contributed by atoms with E-state index in [9.17, 15) is 9.18 Å². The van der Waals surface area contributed by atoms with Gasteiger partial charge in [0, 0.05) is 0 Å². The van der Waals surface area contributed by atoms with Crippen molar-refractivity contribution in [2.24, 2.45) is 4.99 Å². The zero-order valence-corrected chi connectivity index (χ0v) is 16.5. The zero-order chi connectivity index (χ0) is 21.4. The molecular formula is C24H17FN2O4. The lowest BCUT2D eigenvalue weighted by atomic mass is 10.1. The van der Waals surface area contributed by atoms with E-state index in [4.69, 9.17) is 14.2 Å². The molecule has 2 aliphatic heterocycles. The third-order valence-corrected chi connectivity index (χ3v) is 4.99. The molecule has 0 saturated heterocycles. The van der Waals surface area contributed by atoms with Crippen molar-refractivity contribution in [3.8, 4) is 17.2 Å². The third-order valence-electron chi connectivity index (χ3n) is 4.99. The van der Waals surface area contributed by atoms with E-state index < -0.39 is 0 Å². The fraction of sp³-hybridized carbons (Fsp3) is 0.0833. The number of rotatable bonds is 4. The summed E-state index contributed by atoms with van der Waals surface area (Å²) < 4.78 is 29.7. The molecule has 154 valence electrons. The molecule has 0 unspecified atom stereocenters. The predicted octanol–water partition coefficient (Wildman–Crippen LogP) is 4.40. The van der Waals surface area contributed by atoms with Crippen molar-refractivity contribution in [1.29, 1.82) is 0 Å². The topological polar surface area (TPSA) is 60.4 Å². The van der Waals surface area contributed by atoms with Crippen molar-refractivity contribution in [1.82, 2.24) is 0 Å². The summed E-state index contributed by atoms with van der Waals surface area (Å²) in [6.07, 6.45) is 1.68. The summed E-state index contributed by atoms with van der Waals surface area (Å²) in [5.41, 5.74) is 2.14. The second-order valence-electron chi connectivity index (χ2n) is 6.89. The number of carbonyl (C=O) groups is 1. The van der Waals surface area contributed by atoms with E-state index in [1.54, 1.807) is 43.5 Å². The Hall–Kier alpha value is -4.13. The highest BCUT2D eigenvalue weighted by atomic mass is 19.1. The third kappa shape index (κ3) is 3.40. The molecule has 0 spiro atoms. The molecule has 0 bridgehead atoms. The molecule has 31 heavy (non-hydrogen) atoms. The van der Waals surface area contributed by atoms with Crippen molar-refractivity contribution in [2.45, 2.75) is 0 Å². The lowest BCUT2D eigenvalue weighted by Gasteiger charge is -2.19. The van der Waals surface area contributed by atoms with Gasteiger partial charge in [-0.25, -0.2) is 9.38 Å². The summed E-state index contributed by atoms with van der Waals surface area (Å²) in [5.74, 6) is 1.54. The molecule has 7 heteroatoms. The molecular weight excluding hydrogens is 399 g/mol. The van der Waals surface area contributed by atoms with Gasteiger partial charge in [0.05, 0.1) is 18.4 Å². The predicted molar refractivity (Wildman–Crippen MR) is 114 cm³/mol. The number of para-hydroxylation sites is 1. The number of aliphatic imine (C=N–C) groups is 1. The highest BCUT2D eigenvalue weighted by Crippen LogP contribution is 2.35. The fourth-order valence-electron chi connectivity index (χ4n) is 3.52. The van der Waals surface area contributed by atoms with Crippen LogP contribution in [0.25, 0.3) is 6.08 Å². The number of methoxy groups -OCH3 is 1. The van der Waals surface area contributed by atoms with Gasteiger partial charge >= 0.3 is 0 Å². The molecule has 0 N–H and O–H groups in total. The summed E-state index contributed by atoms with van der Waals surface area (Å²) in [4.78, 5) is 19.4. The van der Waals surface area contributed by atoms with Gasteiger partial charge in [0.1, 0.15) is 17.3 Å². The number of halogens is 1. The Kier molecular flexibility index (Phi) is 4.63. The van der Waals surface area contributed by atoms with Crippen LogP contribution in [-0.4, -0.2) is 25.6 Å². The van der Waals surface area contributed by atoms with Gasteiger partial charge in [-0.1, -0.05) is 18.2 Å². The van der Waals surface area contributed by atoms with Gasteiger partial charge in [0.15, 0.2) is 17.3 Å². The molecule has 3 aromatic carbocycles. The van der Waals surface area contributed by atoms with Crippen molar-refractivity contribution < 1.29 is 23.4 Å². The van der Waals surface area contributed by atoms with E-state index in [1.807, 2.05) is 24.3 Å². The van der Waals surface area contributed by atoms with E-state index in [0.29, 0.717) is 34.3 Å². The molecule has 0 saturated carbocycles. The van der Waals surface area contributed by atoms with Crippen LogP contribution < -0.4 is 19.1 Å². The van der Waals surface area contributed by atoms with Crippen molar-refractivity contribution in [3.63, 3.8) is 0 Å². The van der Waals surface area contributed by atoms with Crippen molar-refractivity contribution in [3.05, 3.63) is 89.4 Å². The van der Waals surface area contributed by atoms with Crippen molar-refractivity contribution in [2.75, 3.05) is 18.8 Å². The van der Waals surface area contributed by atoms with E-state index in [0.717, 1.165) is 5.56 Å². The minimum atomic E-state index is -0.387. The standard InChI is InChI=1S/C24H17FN2O4/c1-29-20-5-3-2-4-18(20)23-26-19(12-15-6-11-21-22(13-15)31-14-30-21)24(28)27(23)17-9-7-16(25)8-10-17/h2-13H,14H2,1H3/b19-12+. The summed E-state index contributed by atoms with van der Waals surface area (Å²) >= 11 is 0. The molecule has 3 aromatic rings. The van der Waals surface area contributed by atoms with Crippen LogP contribution in [0.15, 0.2) is 77.4 Å². The largest absolute Gasteiger partial charge is 0.496 e. The second-order valence-corrected chi connectivity index (χ2v) is 6.89. The molecule has 0 atom stereocenters. The van der Waals surface area contributed by atoms with E-state index in [2.05, 4.69) is 4.99 Å². The highest BCUT2D eigenvalue weighted by Gasteiger charge is 2.34. The van der Waals surface area contributed by atoms with Gasteiger partial charge in [-0.05, 0) is 60.2 Å². The number of carbonyl (C=O) groups excluding carboxylic acids is 1. The smallest absolute Gasteiger partial charge is 0.282 e. The molecule has 0 aliphatic carbocycles. The molecule has 0 fully saturated rings. The monoisotopic (exact) mass is 416 g/mol. The molecule has 0 aromatic heterocycles. The Balaban J connectivity index is 1.62. The minimum Gasteiger partial charge on any atom is -0.496 e. The van der Waals surface area contributed by atoms with Gasteiger partial charge < -0.3 is 14.2 Å². The van der Waals surface area contributed by atoms with Gasteiger partial charge in [-0.2, -0.15) is 0 Å². The van der Waals surface area contributed by atoms with E-state index >= 15 is 0 Å². The quantitative estimate of drug-likeness (QED) is 0.592. The number of hydrogen-bond donors (Lipinski definition) is 0. The second kappa shape index (κ2) is 7.60. The average Bonchev–Trinajstić information content (AvgIpc) is 3.39. The molecule has 2 heterocycles. The SMILES string of the molecule is COc1ccccc1C1=N/C(=C/c2ccc3c(c2)OCO3)C(=O)N1c1ccc(F)cc1. The number of amides is 1. The van der Waals surface area contributed by atoms with Crippen molar-refractivity contribution >= 4 is 23.5 Å². The first-order valence-electron chi connectivity index (χ1n) is 9.57. The van der Waals surface area contributed by atoms with Crippen LogP contribution in [-0.2, 0) is 4.79 Å². The van der Waals surface area contributed by atoms with E-state index in [-0.39, 0.29) is 24.2 Å². The molecule has 5 rings (SSSR count). The summed E-state index contributed by atoms with van der Waals surface area (Å²) in [7, 11) is 1.56. The Bertz CT molecular complexity index is 1230. The first kappa shape index (κ1) is 18.9. The maximum absolute atomic E-state index is 13.5. The maximum atomic E-state index is 13.5. The average molecular weight is 416 g/mol. The lowest BCUT2D eigenvalue weighted by Crippen LogP contribution is -2.32. The Morgan fingerprint density at radius 3 is 2.61 bits per heavy atom.